The van der Waals surface area contributed by atoms with Gasteiger partial charge < -0.3 is 25.4 Å². The highest BCUT2D eigenvalue weighted by molar-refractivity contribution is 9.11. The number of carboxylic acid groups (broad SMARTS) is 1. The fourth-order valence-corrected chi connectivity index (χ4v) is 3.61. The van der Waals surface area contributed by atoms with Gasteiger partial charge in [0.2, 0.25) is 0 Å². The van der Waals surface area contributed by atoms with Crippen LogP contribution in [0.5, 0.6) is 0 Å². The van der Waals surface area contributed by atoms with Crippen molar-refractivity contribution < 1.29 is 42.8 Å². The normalized spacial score (nSPS) is 26.1. The molecule has 1 aromatic heterocycles. The van der Waals surface area contributed by atoms with Gasteiger partial charge >= 0.3 is 17.8 Å². The Balaban J connectivity index is 0.000000479. The Kier molecular flexibility index (Phi) is 9.13. The molecule has 11 nitrogen and oxygen atoms in total. The minimum atomic E-state index is -5.08. The number of alkyl halides is 3. The first kappa shape index (κ1) is 26.9. The molecule has 33 heavy (non-hydrogen) atoms. The minimum absolute atomic E-state index is 0.0104. The van der Waals surface area contributed by atoms with E-state index in [2.05, 4.69) is 26.2 Å². The van der Waals surface area contributed by atoms with E-state index in [1.807, 2.05) is 0 Å². The number of ketones is 1. The Hall–Kier alpha value is -2.33. The monoisotopic (exact) mass is 543 g/mol. The molecule has 1 unspecified atom stereocenters. The number of H-pyrrole nitrogens is 1. The number of hydrogen-bond donors (Lipinski definition) is 5. The molecule has 184 valence electrons. The predicted octanol–water partition coefficient (Wildman–Crippen LogP) is -0.134. The summed E-state index contributed by atoms with van der Waals surface area (Å²) in [5.74, 6) is -3.18. The number of nitrogens with zero attached hydrogens (tertiary/aromatic N) is 1. The Morgan fingerprint density at radius 2 is 1.97 bits per heavy atom. The van der Waals surface area contributed by atoms with E-state index in [0.29, 0.717) is 13.0 Å². The molecule has 2 saturated heterocycles. The number of aliphatic carboxylic acids is 1. The highest BCUT2D eigenvalue weighted by Crippen LogP contribution is 2.30. The van der Waals surface area contributed by atoms with Crippen molar-refractivity contribution in [2.24, 2.45) is 0 Å². The summed E-state index contributed by atoms with van der Waals surface area (Å²) in [4.78, 5) is 48.7. The number of carboxylic acids is 1. The fourth-order valence-electron chi connectivity index (χ4n) is 3.33. The van der Waals surface area contributed by atoms with Gasteiger partial charge in [-0.05, 0) is 30.4 Å². The van der Waals surface area contributed by atoms with Crippen LogP contribution in [0.3, 0.4) is 0 Å². The lowest BCUT2D eigenvalue weighted by molar-refractivity contribution is -0.192. The molecule has 5 atom stereocenters. The molecule has 2 aliphatic rings. The van der Waals surface area contributed by atoms with Crippen molar-refractivity contribution in [1.29, 1.82) is 0 Å². The number of ether oxygens (including phenoxy) is 1. The summed E-state index contributed by atoms with van der Waals surface area (Å²) < 4.78 is 38.5. The summed E-state index contributed by atoms with van der Waals surface area (Å²) in [6.07, 6.45) is -5.48. The Bertz CT molecular complexity index is 1000. The van der Waals surface area contributed by atoms with Crippen LogP contribution in [0.1, 0.15) is 31.1 Å². The van der Waals surface area contributed by atoms with E-state index in [1.165, 1.54) is 17.3 Å². The molecule has 0 amide bonds. The third-order valence-electron chi connectivity index (χ3n) is 4.93. The molecule has 3 heterocycles. The first-order valence-electron chi connectivity index (χ1n) is 9.57. The number of halogens is 4. The molecule has 1 aromatic rings. The van der Waals surface area contributed by atoms with E-state index in [4.69, 9.17) is 14.6 Å². The Morgan fingerprint density at radius 1 is 1.33 bits per heavy atom. The molecule has 0 bridgehead atoms. The molecule has 2 aliphatic heterocycles. The van der Waals surface area contributed by atoms with Gasteiger partial charge in [0, 0.05) is 12.6 Å². The molecule has 0 radical (unpaired) electrons. The zero-order valence-corrected chi connectivity index (χ0v) is 18.4. The first-order valence-corrected chi connectivity index (χ1v) is 10.5. The second-order valence-electron chi connectivity index (χ2n) is 7.20. The highest BCUT2D eigenvalue weighted by Gasteiger charge is 2.44. The third-order valence-corrected chi connectivity index (χ3v) is 5.20. The minimum Gasteiger partial charge on any atom is -0.475 e. The number of carbonyl (C=O) groups excluding carboxylic acids is 1. The summed E-state index contributed by atoms with van der Waals surface area (Å²) in [6, 6.07) is -0.452. The topological polar surface area (TPSA) is 171 Å². The Labute approximate surface area is 192 Å². The summed E-state index contributed by atoms with van der Waals surface area (Å²) in [6.45, 7) is 0.705. The van der Waals surface area contributed by atoms with Crippen LogP contribution in [0.2, 0.25) is 0 Å². The maximum Gasteiger partial charge on any atom is 0.490 e. The maximum absolute atomic E-state index is 12.3. The third kappa shape index (κ3) is 6.83. The van der Waals surface area contributed by atoms with Crippen LogP contribution in [0.25, 0.3) is 6.08 Å². The van der Waals surface area contributed by atoms with Crippen molar-refractivity contribution in [3.05, 3.63) is 37.6 Å². The van der Waals surface area contributed by atoms with Crippen LogP contribution in [0, 0.1) is 0 Å². The average Bonchev–Trinajstić information content (AvgIpc) is 3.39. The molecule has 0 aromatic carbocycles. The number of hydrogen-bond acceptors (Lipinski definition) is 8. The van der Waals surface area contributed by atoms with E-state index >= 15 is 0 Å². The van der Waals surface area contributed by atoms with Crippen molar-refractivity contribution in [2.75, 3.05) is 6.54 Å². The number of aromatic nitrogens is 2. The van der Waals surface area contributed by atoms with Gasteiger partial charge in [0.1, 0.15) is 18.4 Å². The standard InChI is InChI=1S/C16H20BrN3O6.C2HF3O2/c17-4-3-8-7-20(16(25)19-15(8)24)11-6-10(21)14(26-11)13(23)12(22)9-2-1-5-18-9;3-2(4,5)1(6)7/h3-4,7,9-11,13-14,18,21,23H,1-2,5-6H2,(H,19,24,25);(H,6,7)/b4-3+;/t9-,10-,11+,13?,14-;/m0./s1. The van der Waals surface area contributed by atoms with Gasteiger partial charge in [-0.2, -0.15) is 13.2 Å². The van der Waals surface area contributed by atoms with Gasteiger partial charge in [0.15, 0.2) is 5.78 Å². The molecule has 2 fully saturated rings. The van der Waals surface area contributed by atoms with Crippen molar-refractivity contribution in [3.63, 3.8) is 0 Å². The number of rotatable bonds is 5. The lowest BCUT2D eigenvalue weighted by Gasteiger charge is -2.23. The number of carbonyl (C=O) groups is 2. The van der Waals surface area contributed by atoms with Gasteiger partial charge in [0.05, 0.1) is 17.7 Å². The van der Waals surface area contributed by atoms with Crippen molar-refractivity contribution >= 4 is 33.8 Å². The van der Waals surface area contributed by atoms with Crippen molar-refractivity contribution in [3.8, 4) is 0 Å². The number of aromatic amines is 1. The van der Waals surface area contributed by atoms with Gasteiger partial charge in [-0.3, -0.25) is 19.1 Å². The van der Waals surface area contributed by atoms with E-state index in [-0.39, 0.29) is 12.0 Å². The highest BCUT2D eigenvalue weighted by atomic mass is 79.9. The van der Waals surface area contributed by atoms with Gasteiger partial charge in [-0.25, -0.2) is 9.59 Å². The lowest BCUT2D eigenvalue weighted by Crippen LogP contribution is -2.47. The molecular formula is C18H21BrF3N3O8. The lowest BCUT2D eigenvalue weighted by atomic mass is 9.98. The van der Waals surface area contributed by atoms with E-state index < -0.39 is 59.8 Å². The zero-order chi connectivity index (χ0) is 24.9. The summed E-state index contributed by atoms with van der Waals surface area (Å²) >= 11 is 3.06. The van der Waals surface area contributed by atoms with Crippen LogP contribution in [-0.4, -0.2) is 73.7 Å². The fraction of sp³-hybridized carbons (Fsp3) is 0.556. The molecule has 0 spiro atoms. The first-order chi connectivity index (χ1) is 15.4. The van der Waals surface area contributed by atoms with E-state index in [0.717, 1.165) is 11.0 Å². The van der Waals surface area contributed by atoms with E-state index in [1.54, 1.807) is 0 Å². The second kappa shape index (κ2) is 11.2. The Morgan fingerprint density at radius 3 is 2.48 bits per heavy atom. The van der Waals surface area contributed by atoms with Crippen LogP contribution in [0.15, 0.2) is 20.8 Å². The molecule has 15 heteroatoms. The summed E-state index contributed by atoms with van der Waals surface area (Å²) in [5, 5.41) is 30.7. The largest absolute Gasteiger partial charge is 0.490 e. The van der Waals surface area contributed by atoms with Crippen LogP contribution < -0.4 is 16.6 Å². The molecule has 0 aliphatic carbocycles. The average molecular weight is 544 g/mol. The molecule has 3 rings (SSSR count). The molecule has 0 saturated carbocycles. The van der Waals surface area contributed by atoms with Gasteiger partial charge in [-0.15, -0.1) is 0 Å². The van der Waals surface area contributed by atoms with Crippen LogP contribution >= 0.6 is 15.9 Å². The zero-order valence-electron chi connectivity index (χ0n) is 16.8. The number of aliphatic hydroxyl groups is 2. The molecular weight excluding hydrogens is 523 g/mol. The smallest absolute Gasteiger partial charge is 0.475 e. The summed E-state index contributed by atoms with van der Waals surface area (Å²) in [7, 11) is 0. The van der Waals surface area contributed by atoms with E-state index in [9.17, 15) is 37.8 Å². The maximum atomic E-state index is 12.3. The van der Waals surface area contributed by atoms with Gasteiger partial charge in [-0.1, -0.05) is 15.9 Å². The number of aliphatic hydroxyl groups excluding tert-OH is 2. The van der Waals surface area contributed by atoms with Crippen molar-refractivity contribution in [1.82, 2.24) is 14.9 Å². The molecule has 5 N–H and O–H groups in total. The van der Waals surface area contributed by atoms with Crippen LogP contribution in [0.4, 0.5) is 13.2 Å². The SMILES string of the molecule is O=C(C(O)[C@H]1O[C@@H](n2cc(/C=C/Br)c(=O)[nH]c2=O)C[C@@H]1O)[C@@H]1CCCN1.O=C(O)C(F)(F)F. The quantitative estimate of drug-likeness (QED) is 0.339. The van der Waals surface area contributed by atoms with Crippen molar-refractivity contribution in [2.45, 2.75) is 56.0 Å². The van der Waals surface area contributed by atoms with Gasteiger partial charge in [0.25, 0.3) is 5.56 Å². The van der Waals surface area contributed by atoms with Crippen LogP contribution in [-0.2, 0) is 14.3 Å². The number of Topliss-reactive ketones (excluding diaryl/α,β-unsaturated/α-hetero) is 1. The second-order valence-corrected chi connectivity index (χ2v) is 7.73. The number of nitrogens with one attached hydrogen (secondary N) is 2. The summed E-state index contributed by atoms with van der Waals surface area (Å²) in [5.41, 5.74) is -1.03. The predicted molar refractivity (Wildman–Crippen MR) is 110 cm³/mol.